The van der Waals surface area contributed by atoms with Gasteiger partial charge in [-0.2, -0.15) is 0 Å². The molecule has 0 radical (unpaired) electrons. The summed E-state index contributed by atoms with van der Waals surface area (Å²) in [4.78, 5) is 26.5. The number of ketones is 1. The second-order valence-corrected chi connectivity index (χ2v) is 6.02. The molecule has 2 atom stereocenters. The zero-order valence-corrected chi connectivity index (χ0v) is 12.3. The van der Waals surface area contributed by atoms with Crippen molar-refractivity contribution in [3.05, 3.63) is 30.3 Å². The summed E-state index contributed by atoms with van der Waals surface area (Å²) in [5.41, 5.74) is 0.810. The Morgan fingerprint density at radius 3 is 2.62 bits per heavy atom. The van der Waals surface area contributed by atoms with Gasteiger partial charge in [0.15, 0.2) is 0 Å². The maximum absolute atomic E-state index is 12.5. The number of hydrogen-bond donors (Lipinski definition) is 1. The van der Waals surface area contributed by atoms with Crippen LogP contribution in [0.3, 0.4) is 0 Å². The van der Waals surface area contributed by atoms with Crippen molar-refractivity contribution < 1.29 is 9.59 Å². The van der Waals surface area contributed by atoms with Gasteiger partial charge in [-0.3, -0.25) is 4.79 Å². The molecular weight excluding hydrogens is 264 g/mol. The Morgan fingerprint density at radius 2 is 1.90 bits per heavy atom. The fraction of sp³-hybridized carbons (Fsp3) is 0.529. The minimum atomic E-state index is -0.0643. The maximum Gasteiger partial charge on any atom is 0.322 e. The molecule has 1 N–H and O–H groups in total. The summed E-state index contributed by atoms with van der Waals surface area (Å²) in [6.07, 6.45) is 5.71. The second-order valence-electron chi connectivity index (χ2n) is 6.02. The fourth-order valence-electron chi connectivity index (χ4n) is 3.59. The van der Waals surface area contributed by atoms with Crippen LogP contribution in [0.4, 0.5) is 10.5 Å². The van der Waals surface area contributed by atoms with Crippen LogP contribution < -0.4 is 5.32 Å². The molecular formula is C17H22N2O2. The number of urea groups is 1. The van der Waals surface area contributed by atoms with Gasteiger partial charge in [-0.1, -0.05) is 18.2 Å². The second kappa shape index (κ2) is 6.29. The summed E-state index contributed by atoms with van der Waals surface area (Å²) in [6, 6.07) is 9.54. The zero-order chi connectivity index (χ0) is 14.7. The van der Waals surface area contributed by atoms with Gasteiger partial charge in [0.2, 0.25) is 0 Å². The number of Topliss-reactive ketones (excluding diaryl/α,β-unsaturated/α-hetero) is 1. The molecule has 1 aliphatic carbocycles. The van der Waals surface area contributed by atoms with Gasteiger partial charge in [-0.25, -0.2) is 4.79 Å². The van der Waals surface area contributed by atoms with E-state index >= 15 is 0 Å². The van der Waals surface area contributed by atoms with Crippen LogP contribution in [0.5, 0.6) is 0 Å². The third-order valence-corrected chi connectivity index (χ3v) is 4.65. The van der Waals surface area contributed by atoms with Crippen molar-refractivity contribution in [1.29, 1.82) is 0 Å². The van der Waals surface area contributed by atoms with E-state index in [9.17, 15) is 9.59 Å². The highest BCUT2D eigenvalue weighted by molar-refractivity contribution is 5.90. The van der Waals surface area contributed by atoms with Crippen LogP contribution in [0.15, 0.2) is 30.3 Å². The predicted octanol–water partition coefficient (Wildman–Crippen LogP) is 3.44. The molecule has 1 aromatic carbocycles. The molecule has 1 heterocycles. The highest BCUT2D eigenvalue weighted by Gasteiger charge is 2.38. The van der Waals surface area contributed by atoms with Crippen molar-refractivity contribution >= 4 is 17.5 Å². The lowest BCUT2D eigenvalue weighted by Crippen LogP contribution is -2.50. The van der Waals surface area contributed by atoms with E-state index in [2.05, 4.69) is 5.32 Å². The molecule has 2 fully saturated rings. The Hall–Kier alpha value is -1.84. The van der Waals surface area contributed by atoms with Gasteiger partial charge in [-0.15, -0.1) is 0 Å². The first-order valence-electron chi connectivity index (χ1n) is 7.91. The molecule has 3 rings (SSSR count). The van der Waals surface area contributed by atoms with E-state index in [0.717, 1.165) is 44.3 Å². The van der Waals surface area contributed by atoms with E-state index in [0.29, 0.717) is 12.2 Å². The molecule has 0 bridgehead atoms. The number of piperidine rings is 1. The number of amides is 2. The Bertz CT molecular complexity index is 515. The van der Waals surface area contributed by atoms with Crippen molar-refractivity contribution in [2.75, 3.05) is 11.9 Å². The molecule has 4 nitrogen and oxygen atoms in total. The van der Waals surface area contributed by atoms with Crippen LogP contribution in [0.2, 0.25) is 0 Å². The number of nitrogens with one attached hydrogen (secondary N) is 1. The van der Waals surface area contributed by atoms with Crippen molar-refractivity contribution in [1.82, 2.24) is 4.90 Å². The molecule has 112 valence electrons. The number of benzene rings is 1. The number of carbonyl (C=O) groups is 2. The van der Waals surface area contributed by atoms with Gasteiger partial charge in [0.25, 0.3) is 0 Å². The molecule has 1 aliphatic heterocycles. The van der Waals surface area contributed by atoms with Gasteiger partial charge >= 0.3 is 6.03 Å². The average Bonchev–Trinajstić information content (AvgIpc) is 2.94. The lowest BCUT2D eigenvalue weighted by Gasteiger charge is -2.38. The number of rotatable bonds is 2. The minimum Gasteiger partial charge on any atom is -0.321 e. The van der Waals surface area contributed by atoms with Crippen molar-refractivity contribution in [3.8, 4) is 0 Å². The number of anilines is 1. The Labute approximate surface area is 125 Å². The fourth-order valence-corrected chi connectivity index (χ4v) is 3.59. The summed E-state index contributed by atoms with van der Waals surface area (Å²) in [6.45, 7) is 0.757. The summed E-state index contributed by atoms with van der Waals surface area (Å²) >= 11 is 0. The Balaban J connectivity index is 1.71. The summed E-state index contributed by atoms with van der Waals surface area (Å²) in [7, 11) is 0. The molecule has 0 spiro atoms. The van der Waals surface area contributed by atoms with Crippen molar-refractivity contribution in [2.24, 2.45) is 5.92 Å². The first-order chi connectivity index (χ1) is 10.3. The van der Waals surface area contributed by atoms with Gasteiger partial charge in [0, 0.05) is 30.6 Å². The van der Waals surface area contributed by atoms with Crippen molar-refractivity contribution in [3.63, 3.8) is 0 Å². The Morgan fingerprint density at radius 1 is 1.10 bits per heavy atom. The predicted molar refractivity (Wildman–Crippen MR) is 82.2 cm³/mol. The van der Waals surface area contributed by atoms with Crippen LogP contribution in [0.1, 0.15) is 38.5 Å². The molecule has 2 unspecified atom stereocenters. The quantitative estimate of drug-likeness (QED) is 0.905. The van der Waals surface area contributed by atoms with E-state index in [1.807, 2.05) is 35.2 Å². The highest BCUT2D eigenvalue weighted by Crippen LogP contribution is 2.32. The van der Waals surface area contributed by atoms with E-state index in [-0.39, 0.29) is 18.0 Å². The molecule has 1 saturated heterocycles. The van der Waals surface area contributed by atoms with E-state index in [1.54, 1.807) is 0 Å². The monoisotopic (exact) mass is 286 g/mol. The molecule has 1 aromatic rings. The number of carbonyl (C=O) groups excluding carboxylic acids is 2. The van der Waals surface area contributed by atoms with Crippen molar-refractivity contribution in [2.45, 2.75) is 44.6 Å². The van der Waals surface area contributed by atoms with Crippen LogP contribution in [-0.4, -0.2) is 29.3 Å². The van der Waals surface area contributed by atoms with E-state index in [4.69, 9.17) is 0 Å². The summed E-state index contributed by atoms with van der Waals surface area (Å²) in [5.74, 6) is 0.409. The third-order valence-electron chi connectivity index (χ3n) is 4.65. The maximum atomic E-state index is 12.5. The average molecular weight is 286 g/mol. The number of hydrogen-bond acceptors (Lipinski definition) is 2. The van der Waals surface area contributed by atoms with Gasteiger partial charge in [-0.05, 0) is 44.2 Å². The normalized spacial score (nSPS) is 25.9. The standard InChI is InChI=1S/C17H22N2O2/c20-16-11-6-9-14(16)15-10-4-5-12-19(15)17(21)18-13-7-2-1-3-8-13/h1-3,7-8,14-15H,4-6,9-12H2,(H,18,21). The Kier molecular flexibility index (Phi) is 4.23. The van der Waals surface area contributed by atoms with Gasteiger partial charge in [0.05, 0.1) is 0 Å². The third kappa shape index (κ3) is 3.09. The van der Waals surface area contributed by atoms with Crippen LogP contribution >= 0.6 is 0 Å². The first-order valence-corrected chi connectivity index (χ1v) is 7.91. The highest BCUT2D eigenvalue weighted by atomic mass is 16.2. The van der Waals surface area contributed by atoms with Crippen LogP contribution in [-0.2, 0) is 4.79 Å². The number of likely N-dealkylation sites (tertiary alicyclic amines) is 1. The first kappa shape index (κ1) is 14.1. The lowest BCUT2D eigenvalue weighted by atomic mass is 9.88. The van der Waals surface area contributed by atoms with Crippen LogP contribution in [0.25, 0.3) is 0 Å². The number of nitrogens with zero attached hydrogens (tertiary/aromatic N) is 1. The minimum absolute atomic E-state index is 0.0619. The van der Waals surface area contributed by atoms with E-state index < -0.39 is 0 Å². The molecule has 2 aliphatic rings. The lowest BCUT2D eigenvalue weighted by molar-refractivity contribution is -0.122. The van der Waals surface area contributed by atoms with Gasteiger partial charge < -0.3 is 10.2 Å². The molecule has 0 aromatic heterocycles. The molecule has 1 saturated carbocycles. The smallest absolute Gasteiger partial charge is 0.321 e. The summed E-state index contributed by atoms with van der Waals surface area (Å²) < 4.78 is 0. The number of para-hydroxylation sites is 1. The molecule has 4 heteroatoms. The topological polar surface area (TPSA) is 49.4 Å². The van der Waals surface area contributed by atoms with E-state index in [1.165, 1.54) is 0 Å². The summed E-state index contributed by atoms with van der Waals surface area (Å²) in [5, 5.41) is 2.96. The van der Waals surface area contributed by atoms with Gasteiger partial charge in [0.1, 0.15) is 5.78 Å². The molecule has 21 heavy (non-hydrogen) atoms. The zero-order valence-electron chi connectivity index (χ0n) is 12.3. The van der Waals surface area contributed by atoms with Crippen LogP contribution in [0, 0.1) is 5.92 Å². The largest absolute Gasteiger partial charge is 0.322 e. The SMILES string of the molecule is O=C1CCCC1C1CCCCN1C(=O)Nc1ccccc1. The molecule has 2 amide bonds.